The van der Waals surface area contributed by atoms with Gasteiger partial charge in [-0.25, -0.2) is 12.8 Å². The first-order valence-electron chi connectivity index (χ1n) is 9.19. The molecule has 1 aromatic heterocycles. The van der Waals surface area contributed by atoms with Gasteiger partial charge >= 0.3 is 0 Å². The molecule has 0 N–H and O–H groups in total. The normalized spacial score (nSPS) is 17.7. The summed E-state index contributed by atoms with van der Waals surface area (Å²) in [6.45, 7) is 0.583. The number of benzene rings is 2. The maximum atomic E-state index is 14.0. The number of piperidine rings is 1. The van der Waals surface area contributed by atoms with Crippen LogP contribution in [0.1, 0.15) is 23.8 Å². The Labute approximate surface area is 176 Å². The van der Waals surface area contributed by atoms with Gasteiger partial charge in [0.15, 0.2) is 5.01 Å². The van der Waals surface area contributed by atoms with Crippen LogP contribution in [-0.4, -0.2) is 40.9 Å². The molecule has 0 amide bonds. The molecule has 30 heavy (non-hydrogen) atoms. The van der Waals surface area contributed by atoms with Crippen molar-refractivity contribution in [2.75, 3.05) is 13.1 Å². The highest BCUT2D eigenvalue weighted by molar-refractivity contribution is 7.89. The third kappa shape index (κ3) is 3.95. The molecule has 0 aliphatic carbocycles. The quantitative estimate of drug-likeness (QED) is 0.434. The molecule has 2 heterocycles. The van der Waals surface area contributed by atoms with Gasteiger partial charge < -0.3 is 0 Å². The van der Waals surface area contributed by atoms with E-state index in [1.807, 2.05) is 0 Å². The fourth-order valence-corrected chi connectivity index (χ4v) is 5.91. The topological polar surface area (TPSA) is 106 Å². The first kappa shape index (κ1) is 20.5. The van der Waals surface area contributed by atoms with E-state index in [9.17, 15) is 22.9 Å². The summed E-state index contributed by atoms with van der Waals surface area (Å²) in [6, 6.07) is 11.2. The highest BCUT2D eigenvalue weighted by Gasteiger charge is 2.32. The fourth-order valence-electron chi connectivity index (χ4n) is 3.39. The number of halogens is 1. The van der Waals surface area contributed by atoms with E-state index in [0.717, 1.165) is 6.42 Å². The minimum absolute atomic E-state index is 0.0121. The second-order valence-electron chi connectivity index (χ2n) is 6.88. The van der Waals surface area contributed by atoms with Crippen molar-refractivity contribution in [1.82, 2.24) is 14.5 Å². The Morgan fingerprint density at radius 3 is 2.57 bits per heavy atom. The average Bonchev–Trinajstić information content (AvgIpc) is 3.24. The van der Waals surface area contributed by atoms with Crippen molar-refractivity contribution in [1.29, 1.82) is 0 Å². The van der Waals surface area contributed by atoms with Crippen molar-refractivity contribution in [3.05, 3.63) is 69.5 Å². The predicted octanol–water partition coefficient (Wildman–Crippen LogP) is 3.82. The largest absolute Gasteiger partial charge is 0.269 e. The van der Waals surface area contributed by atoms with Crippen LogP contribution in [0.4, 0.5) is 10.1 Å². The lowest BCUT2D eigenvalue weighted by atomic mass is 10.0. The molecule has 1 unspecified atom stereocenters. The minimum Gasteiger partial charge on any atom is -0.258 e. The smallest absolute Gasteiger partial charge is 0.258 e. The van der Waals surface area contributed by atoms with Gasteiger partial charge in [0.2, 0.25) is 10.0 Å². The highest BCUT2D eigenvalue weighted by atomic mass is 32.2. The van der Waals surface area contributed by atoms with Gasteiger partial charge in [0, 0.05) is 36.7 Å². The van der Waals surface area contributed by atoms with Crippen molar-refractivity contribution < 1.29 is 17.7 Å². The van der Waals surface area contributed by atoms with Gasteiger partial charge in [0.05, 0.1) is 9.82 Å². The molecule has 0 radical (unpaired) electrons. The van der Waals surface area contributed by atoms with E-state index in [2.05, 4.69) is 10.2 Å². The molecule has 11 heteroatoms. The van der Waals surface area contributed by atoms with E-state index in [1.165, 1.54) is 46.0 Å². The van der Waals surface area contributed by atoms with Gasteiger partial charge in [0.1, 0.15) is 10.8 Å². The summed E-state index contributed by atoms with van der Waals surface area (Å²) in [5, 5.41) is 20.2. The van der Waals surface area contributed by atoms with Crippen molar-refractivity contribution >= 4 is 27.0 Å². The zero-order valence-corrected chi connectivity index (χ0v) is 17.3. The summed E-state index contributed by atoms with van der Waals surface area (Å²) in [4.78, 5) is 10.2. The third-order valence-corrected chi connectivity index (χ3v) is 7.96. The van der Waals surface area contributed by atoms with Crippen molar-refractivity contribution in [3.63, 3.8) is 0 Å². The minimum atomic E-state index is -3.79. The lowest BCUT2D eigenvalue weighted by molar-refractivity contribution is -0.384. The first-order valence-corrected chi connectivity index (χ1v) is 11.4. The van der Waals surface area contributed by atoms with E-state index in [0.29, 0.717) is 28.5 Å². The summed E-state index contributed by atoms with van der Waals surface area (Å²) in [5.41, 5.74) is 0.201. The highest BCUT2D eigenvalue weighted by Crippen LogP contribution is 2.35. The summed E-state index contributed by atoms with van der Waals surface area (Å²) in [5.74, 6) is -0.532. The molecule has 1 aliphatic rings. The van der Waals surface area contributed by atoms with Gasteiger partial charge in [0.25, 0.3) is 5.69 Å². The van der Waals surface area contributed by atoms with E-state index in [-0.39, 0.29) is 28.9 Å². The van der Waals surface area contributed by atoms with Gasteiger partial charge in [-0.1, -0.05) is 23.5 Å². The van der Waals surface area contributed by atoms with Crippen LogP contribution in [0.25, 0.3) is 10.6 Å². The van der Waals surface area contributed by atoms with Crippen molar-refractivity contribution in [2.24, 2.45) is 0 Å². The standard InChI is InChI=1S/C19H17FN4O4S2/c20-17-6-2-1-5-16(17)19-22-21-18(29-19)13-4-3-11-23(12-13)30(27,28)15-9-7-14(8-10-15)24(25)26/h1-2,5-10,13H,3-4,11-12H2. The van der Waals surface area contributed by atoms with Gasteiger partial charge in [-0.15, -0.1) is 10.2 Å². The van der Waals surface area contributed by atoms with Crippen LogP contribution >= 0.6 is 11.3 Å². The van der Waals surface area contributed by atoms with Crippen LogP contribution < -0.4 is 0 Å². The SMILES string of the molecule is O=[N+]([O-])c1ccc(S(=O)(=O)N2CCCC(c3nnc(-c4ccccc4F)s3)C2)cc1. The number of nitro groups is 1. The zero-order chi connectivity index (χ0) is 21.3. The second kappa shape index (κ2) is 8.17. The molecule has 1 fully saturated rings. The Kier molecular flexibility index (Phi) is 5.58. The summed E-state index contributed by atoms with van der Waals surface area (Å²) < 4.78 is 41.4. The van der Waals surface area contributed by atoms with E-state index < -0.39 is 14.9 Å². The second-order valence-corrected chi connectivity index (χ2v) is 9.83. The maximum Gasteiger partial charge on any atom is 0.269 e. The molecule has 1 saturated heterocycles. The molecule has 1 aliphatic heterocycles. The van der Waals surface area contributed by atoms with Crippen LogP contribution in [-0.2, 0) is 10.0 Å². The Balaban J connectivity index is 1.55. The number of nitrogens with zero attached hydrogens (tertiary/aromatic N) is 4. The third-order valence-electron chi connectivity index (χ3n) is 4.96. The number of non-ortho nitro benzene ring substituents is 1. The van der Waals surface area contributed by atoms with Crippen LogP contribution in [0.3, 0.4) is 0 Å². The summed E-state index contributed by atoms with van der Waals surface area (Å²) in [6.07, 6.45) is 1.39. The lowest BCUT2D eigenvalue weighted by Crippen LogP contribution is -2.39. The molecular weight excluding hydrogens is 431 g/mol. The number of rotatable bonds is 5. The molecule has 156 valence electrons. The summed E-state index contributed by atoms with van der Waals surface area (Å²) in [7, 11) is -3.79. The monoisotopic (exact) mass is 448 g/mol. The molecule has 2 aromatic carbocycles. The maximum absolute atomic E-state index is 14.0. The number of hydrogen-bond acceptors (Lipinski definition) is 7. The predicted molar refractivity (Wildman–Crippen MR) is 109 cm³/mol. The fraction of sp³-hybridized carbons (Fsp3) is 0.263. The van der Waals surface area contributed by atoms with Gasteiger partial charge in [-0.05, 0) is 37.1 Å². The van der Waals surface area contributed by atoms with E-state index in [4.69, 9.17) is 0 Å². The van der Waals surface area contributed by atoms with E-state index >= 15 is 0 Å². The molecule has 0 bridgehead atoms. The van der Waals surface area contributed by atoms with E-state index in [1.54, 1.807) is 18.2 Å². The van der Waals surface area contributed by atoms with Crippen LogP contribution in [0.5, 0.6) is 0 Å². The number of aromatic nitrogens is 2. The van der Waals surface area contributed by atoms with Crippen LogP contribution in [0, 0.1) is 15.9 Å². The van der Waals surface area contributed by atoms with Crippen molar-refractivity contribution in [3.8, 4) is 10.6 Å². The first-order chi connectivity index (χ1) is 14.4. The average molecular weight is 449 g/mol. The lowest BCUT2D eigenvalue weighted by Gasteiger charge is -2.30. The van der Waals surface area contributed by atoms with Crippen LogP contribution in [0.2, 0.25) is 0 Å². The molecule has 1 atom stereocenters. The van der Waals surface area contributed by atoms with Gasteiger partial charge in [-0.3, -0.25) is 10.1 Å². The zero-order valence-electron chi connectivity index (χ0n) is 15.6. The van der Waals surface area contributed by atoms with Crippen LogP contribution in [0.15, 0.2) is 53.4 Å². The molecule has 0 spiro atoms. The Hall–Kier alpha value is -2.76. The molecule has 3 aromatic rings. The summed E-state index contributed by atoms with van der Waals surface area (Å²) >= 11 is 1.26. The number of hydrogen-bond donors (Lipinski definition) is 0. The Morgan fingerprint density at radius 1 is 1.13 bits per heavy atom. The number of sulfonamides is 1. The Bertz CT molecular complexity index is 1180. The van der Waals surface area contributed by atoms with Crippen molar-refractivity contribution in [2.45, 2.75) is 23.7 Å². The Morgan fingerprint density at radius 2 is 1.87 bits per heavy atom. The molecular formula is C19H17FN4O4S2. The molecule has 0 saturated carbocycles. The van der Waals surface area contributed by atoms with Gasteiger partial charge in [-0.2, -0.15) is 4.31 Å². The molecule has 4 rings (SSSR count). The molecule has 8 nitrogen and oxygen atoms in total. The number of nitro benzene ring substituents is 1.